The molecular weight excluding hydrogens is 312 g/mol. The van der Waals surface area contributed by atoms with Gasteiger partial charge in [-0.15, -0.1) is 0 Å². The van der Waals surface area contributed by atoms with Gasteiger partial charge >= 0.3 is 0 Å². The van der Waals surface area contributed by atoms with Crippen LogP contribution in [0, 0.1) is 0 Å². The molecule has 1 atom stereocenters. The van der Waals surface area contributed by atoms with Crippen molar-refractivity contribution in [3.05, 3.63) is 53.5 Å². The molecule has 1 aromatic carbocycles. The van der Waals surface area contributed by atoms with Gasteiger partial charge in [-0.05, 0) is 18.6 Å². The van der Waals surface area contributed by atoms with E-state index >= 15 is 0 Å². The van der Waals surface area contributed by atoms with Gasteiger partial charge in [0.25, 0.3) is 0 Å². The van der Waals surface area contributed by atoms with Crippen molar-refractivity contribution >= 4 is 10.9 Å². The Kier molecular flexibility index (Phi) is 4.36. The van der Waals surface area contributed by atoms with Crippen molar-refractivity contribution in [2.24, 2.45) is 14.1 Å². The van der Waals surface area contributed by atoms with Crippen LogP contribution in [-0.4, -0.2) is 39.0 Å². The van der Waals surface area contributed by atoms with Gasteiger partial charge in [0.2, 0.25) is 0 Å². The van der Waals surface area contributed by atoms with Gasteiger partial charge in [-0.25, -0.2) is 0 Å². The maximum absolute atomic E-state index is 5.73. The van der Waals surface area contributed by atoms with E-state index in [0.29, 0.717) is 5.92 Å². The van der Waals surface area contributed by atoms with E-state index in [1.54, 1.807) is 0 Å². The van der Waals surface area contributed by atoms with E-state index in [2.05, 4.69) is 65.2 Å². The number of nitrogens with zero attached hydrogens (tertiary/aromatic N) is 4. The molecule has 3 heterocycles. The molecule has 0 saturated heterocycles. The molecule has 2 aromatic heterocycles. The van der Waals surface area contributed by atoms with Crippen LogP contribution >= 0.6 is 0 Å². The second-order valence-electron chi connectivity index (χ2n) is 7.02. The molecule has 1 aliphatic rings. The van der Waals surface area contributed by atoms with E-state index in [9.17, 15) is 0 Å². The van der Waals surface area contributed by atoms with Gasteiger partial charge in [-0.3, -0.25) is 9.58 Å². The fraction of sp³-hybridized carbons (Fsp3) is 0.450. The van der Waals surface area contributed by atoms with Crippen molar-refractivity contribution in [3.63, 3.8) is 0 Å². The van der Waals surface area contributed by atoms with Crippen LogP contribution in [0.15, 0.2) is 36.7 Å². The molecule has 4 rings (SSSR count). The molecule has 0 bridgehead atoms. The number of hydrogen-bond acceptors (Lipinski definition) is 3. The van der Waals surface area contributed by atoms with E-state index in [0.717, 1.165) is 32.8 Å². The molecule has 5 nitrogen and oxygen atoms in total. The quantitative estimate of drug-likeness (QED) is 0.717. The first kappa shape index (κ1) is 16.4. The maximum Gasteiger partial charge on any atom is 0.0736 e. The number of hydrogen-bond donors (Lipinski definition) is 0. The molecule has 5 heteroatoms. The normalized spacial score (nSPS) is 18.0. The fourth-order valence-electron chi connectivity index (χ4n) is 4.03. The molecule has 0 unspecified atom stereocenters. The second kappa shape index (κ2) is 6.65. The molecular formula is C20H26N4O. The van der Waals surface area contributed by atoms with Crippen molar-refractivity contribution in [3.8, 4) is 0 Å². The third-order valence-corrected chi connectivity index (χ3v) is 5.09. The summed E-state index contributed by atoms with van der Waals surface area (Å²) in [5, 5.41) is 6.04. The largest absolute Gasteiger partial charge is 0.381 e. The van der Waals surface area contributed by atoms with Crippen LogP contribution in [0.3, 0.4) is 0 Å². The molecule has 0 radical (unpaired) electrons. The highest BCUT2D eigenvalue weighted by Gasteiger charge is 2.28. The Labute approximate surface area is 148 Å². The molecule has 0 amide bonds. The first-order chi connectivity index (χ1) is 12.2. The van der Waals surface area contributed by atoms with Gasteiger partial charge in [0.05, 0.1) is 12.3 Å². The summed E-state index contributed by atoms with van der Waals surface area (Å²) in [6, 6.07) is 8.64. The van der Waals surface area contributed by atoms with Gasteiger partial charge in [-0.2, -0.15) is 5.10 Å². The SMILES string of the molecule is CCOC[C@@H]1CN(Cc2cn(C)c3ccccc23)Cc2cn(C)nc21. The van der Waals surface area contributed by atoms with Crippen LogP contribution in [0.25, 0.3) is 10.9 Å². The summed E-state index contributed by atoms with van der Waals surface area (Å²) in [5.74, 6) is 0.347. The number of aromatic nitrogens is 3. The molecule has 0 saturated carbocycles. The predicted octanol–water partition coefficient (Wildman–Crippen LogP) is 3.05. The lowest BCUT2D eigenvalue weighted by molar-refractivity contribution is 0.104. The van der Waals surface area contributed by atoms with Crippen LogP contribution in [0.1, 0.15) is 29.7 Å². The Morgan fingerprint density at radius 2 is 2.04 bits per heavy atom. The predicted molar refractivity (Wildman–Crippen MR) is 99.5 cm³/mol. The summed E-state index contributed by atoms with van der Waals surface area (Å²) in [4.78, 5) is 2.52. The number of ether oxygens (including phenoxy) is 1. The highest BCUT2D eigenvalue weighted by Crippen LogP contribution is 2.30. The zero-order valence-electron chi connectivity index (χ0n) is 15.3. The van der Waals surface area contributed by atoms with Crippen molar-refractivity contribution in [1.29, 1.82) is 0 Å². The molecule has 0 spiro atoms. The van der Waals surface area contributed by atoms with Crippen LogP contribution in [0.2, 0.25) is 0 Å². The zero-order chi connectivity index (χ0) is 17.4. The summed E-state index contributed by atoms with van der Waals surface area (Å²) < 4.78 is 9.89. The van der Waals surface area contributed by atoms with Gasteiger partial charge in [0.1, 0.15) is 0 Å². The average Bonchev–Trinajstić information content (AvgIpc) is 3.13. The van der Waals surface area contributed by atoms with Crippen LogP contribution in [0.4, 0.5) is 0 Å². The molecule has 3 aromatic rings. The fourth-order valence-corrected chi connectivity index (χ4v) is 4.03. The second-order valence-corrected chi connectivity index (χ2v) is 7.02. The Hall–Kier alpha value is -2.11. The topological polar surface area (TPSA) is 35.2 Å². The minimum Gasteiger partial charge on any atom is -0.381 e. The first-order valence-corrected chi connectivity index (χ1v) is 9.01. The van der Waals surface area contributed by atoms with Crippen molar-refractivity contribution < 1.29 is 4.74 Å². The van der Waals surface area contributed by atoms with E-state index in [1.807, 2.05) is 11.7 Å². The molecule has 0 fully saturated rings. The molecule has 132 valence electrons. The minimum atomic E-state index is 0.347. The van der Waals surface area contributed by atoms with Gasteiger partial charge in [0, 0.05) is 75.1 Å². The molecule has 0 aliphatic carbocycles. The highest BCUT2D eigenvalue weighted by atomic mass is 16.5. The lowest BCUT2D eigenvalue weighted by atomic mass is 9.97. The summed E-state index contributed by atoms with van der Waals surface area (Å²) in [6.07, 6.45) is 4.42. The van der Waals surface area contributed by atoms with E-state index < -0.39 is 0 Å². The van der Waals surface area contributed by atoms with E-state index in [-0.39, 0.29) is 0 Å². The molecule has 1 aliphatic heterocycles. The van der Waals surface area contributed by atoms with E-state index in [1.165, 1.54) is 27.7 Å². The zero-order valence-corrected chi connectivity index (χ0v) is 15.3. The van der Waals surface area contributed by atoms with Gasteiger partial charge in [0.15, 0.2) is 0 Å². The number of para-hydroxylation sites is 1. The van der Waals surface area contributed by atoms with Crippen molar-refractivity contribution in [2.75, 3.05) is 19.8 Å². The lowest BCUT2D eigenvalue weighted by Crippen LogP contribution is -2.34. The summed E-state index contributed by atoms with van der Waals surface area (Å²) in [7, 11) is 4.13. The van der Waals surface area contributed by atoms with Crippen molar-refractivity contribution in [2.45, 2.75) is 25.9 Å². The highest BCUT2D eigenvalue weighted by molar-refractivity contribution is 5.83. The lowest BCUT2D eigenvalue weighted by Gasteiger charge is -2.31. The monoisotopic (exact) mass is 338 g/mol. The summed E-state index contributed by atoms with van der Waals surface area (Å²) >= 11 is 0. The van der Waals surface area contributed by atoms with Gasteiger partial charge < -0.3 is 9.30 Å². The third-order valence-electron chi connectivity index (χ3n) is 5.09. The van der Waals surface area contributed by atoms with Gasteiger partial charge in [-0.1, -0.05) is 18.2 Å². The van der Waals surface area contributed by atoms with Crippen LogP contribution < -0.4 is 0 Å². The number of benzene rings is 1. The Balaban J connectivity index is 1.60. The first-order valence-electron chi connectivity index (χ1n) is 9.01. The maximum atomic E-state index is 5.73. The van der Waals surface area contributed by atoms with Crippen molar-refractivity contribution in [1.82, 2.24) is 19.2 Å². The summed E-state index contributed by atoms with van der Waals surface area (Å²) in [6.45, 7) is 6.45. The average molecular weight is 338 g/mol. The Morgan fingerprint density at radius 1 is 1.20 bits per heavy atom. The number of aryl methyl sites for hydroxylation is 2. The number of rotatable bonds is 5. The standard InChI is InChI=1S/C20H26N4O/c1-4-25-14-17-13-24(12-16-10-23(3)21-20(16)17)11-15-9-22(2)19-8-6-5-7-18(15)19/h5-10,17H,4,11-14H2,1-3H3/t17-/m0/s1. The smallest absolute Gasteiger partial charge is 0.0736 e. The molecule has 25 heavy (non-hydrogen) atoms. The molecule has 0 N–H and O–H groups in total. The van der Waals surface area contributed by atoms with E-state index in [4.69, 9.17) is 4.74 Å². The Bertz CT molecular complexity index is 879. The number of fused-ring (bicyclic) bond motifs is 2. The summed E-state index contributed by atoms with van der Waals surface area (Å²) in [5.41, 5.74) is 5.23. The van der Waals surface area contributed by atoms with Crippen LogP contribution in [0.5, 0.6) is 0 Å². The van der Waals surface area contributed by atoms with Crippen LogP contribution in [-0.2, 0) is 31.9 Å². The third kappa shape index (κ3) is 3.10. The Morgan fingerprint density at radius 3 is 2.88 bits per heavy atom. The minimum absolute atomic E-state index is 0.347.